The lowest BCUT2D eigenvalue weighted by Gasteiger charge is -2.32. The fourth-order valence-electron chi connectivity index (χ4n) is 4.54. The SMILES string of the molecule is C[C@H](NC(=O)[C@H]1CCCN(C(=O)Nc2ccccc2)C1)c1ccc2c(c1)CCCC2. The highest BCUT2D eigenvalue weighted by Gasteiger charge is 2.29. The van der Waals surface area contributed by atoms with Gasteiger partial charge in [0.05, 0.1) is 12.0 Å². The minimum atomic E-state index is -0.166. The molecule has 1 heterocycles. The third kappa shape index (κ3) is 4.84. The molecule has 0 radical (unpaired) electrons. The van der Waals surface area contributed by atoms with E-state index in [1.807, 2.05) is 37.3 Å². The summed E-state index contributed by atoms with van der Waals surface area (Å²) in [5.74, 6) is -0.127. The molecule has 1 saturated heterocycles. The van der Waals surface area contributed by atoms with Gasteiger partial charge in [-0.1, -0.05) is 36.4 Å². The number of nitrogens with zero attached hydrogens (tertiary/aromatic N) is 1. The van der Waals surface area contributed by atoms with Gasteiger partial charge in [-0.05, 0) is 74.3 Å². The van der Waals surface area contributed by atoms with Gasteiger partial charge in [0, 0.05) is 18.8 Å². The van der Waals surface area contributed by atoms with E-state index in [2.05, 4.69) is 28.8 Å². The Morgan fingerprint density at radius 1 is 1.00 bits per heavy atom. The molecule has 2 aromatic rings. The molecule has 2 N–H and O–H groups in total. The standard InChI is InChI=1S/C25H31N3O2/c1-18(20-14-13-19-8-5-6-9-21(19)16-20)26-24(29)22-10-7-15-28(17-22)25(30)27-23-11-3-2-4-12-23/h2-4,11-14,16,18,22H,5-10,15,17H2,1H3,(H,26,29)(H,27,30)/t18-,22-/m0/s1. The predicted molar refractivity (Wildman–Crippen MR) is 119 cm³/mol. The molecule has 158 valence electrons. The number of carbonyl (C=O) groups is 2. The number of rotatable bonds is 4. The maximum atomic E-state index is 12.9. The van der Waals surface area contributed by atoms with Gasteiger partial charge in [-0.25, -0.2) is 4.79 Å². The minimum Gasteiger partial charge on any atom is -0.349 e. The minimum absolute atomic E-state index is 0.0294. The molecule has 1 aliphatic carbocycles. The Bertz CT molecular complexity index is 897. The summed E-state index contributed by atoms with van der Waals surface area (Å²) in [5.41, 5.74) is 4.82. The van der Waals surface area contributed by atoms with Crippen molar-refractivity contribution in [3.63, 3.8) is 0 Å². The second kappa shape index (κ2) is 9.33. The predicted octanol–water partition coefficient (Wildman–Crippen LogP) is 4.69. The van der Waals surface area contributed by atoms with Crippen molar-refractivity contribution in [2.45, 2.75) is 51.5 Å². The lowest BCUT2D eigenvalue weighted by molar-refractivity contribution is -0.126. The van der Waals surface area contributed by atoms with Crippen LogP contribution in [0.4, 0.5) is 10.5 Å². The number of anilines is 1. The second-order valence-electron chi connectivity index (χ2n) is 8.55. The first kappa shape index (κ1) is 20.5. The number of para-hydroxylation sites is 1. The molecule has 1 aliphatic heterocycles. The Hall–Kier alpha value is -2.82. The van der Waals surface area contributed by atoms with Crippen LogP contribution in [0.15, 0.2) is 48.5 Å². The van der Waals surface area contributed by atoms with E-state index in [0.717, 1.165) is 24.9 Å². The van der Waals surface area contributed by atoms with E-state index in [1.165, 1.54) is 36.0 Å². The molecule has 2 atom stereocenters. The van der Waals surface area contributed by atoms with Crippen LogP contribution >= 0.6 is 0 Å². The van der Waals surface area contributed by atoms with Crippen molar-refractivity contribution >= 4 is 17.6 Å². The number of urea groups is 1. The highest BCUT2D eigenvalue weighted by Crippen LogP contribution is 2.25. The third-order valence-corrected chi connectivity index (χ3v) is 6.34. The van der Waals surface area contributed by atoms with Gasteiger partial charge in [0.2, 0.25) is 5.91 Å². The van der Waals surface area contributed by atoms with Crippen LogP contribution in [-0.4, -0.2) is 29.9 Å². The van der Waals surface area contributed by atoms with Crippen LogP contribution in [0.1, 0.15) is 55.3 Å². The van der Waals surface area contributed by atoms with Crippen LogP contribution in [-0.2, 0) is 17.6 Å². The molecule has 5 nitrogen and oxygen atoms in total. The van der Waals surface area contributed by atoms with Crippen LogP contribution in [0.2, 0.25) is 0 Å². The van der Waals surface area contributed by atoms with Gasteiger partial charge >= 0.3 is 6.03 Å². The summed E-state index contributed by atoms with van der Waals surface area (Å²) >= 11 is 0. The number of likely N-dealkylation sites (tertiary alicyclic amines) is 1. The summed E-state index contributed by atoms with van der Waals surface area (Å²) in [7, 11) is 0. The fraction of sp³-hybridized carbons (Fsp3) is 0.440. The Labute approximate surface area is 178 Å². The number of hydrogen-bond donors (Lipinski definition) is 2. The molecular formula is C25H31N3O2. The fourth-order valence-corrected chi connectivity index (χ4v) is 4.54. The Morgan fingerprint density at radius 3 is 2.57 bits per heavy atom. The highest BCUT2D eigenvalue weighted by atomic mass is 16.2. The zero-order valence-electron chi connectivity index (χ0n) is 17.7. The summed E-state index contributed by atoms with van der Waals surface area (Å²) < 4.78 is 0. The average Bonchev–Trinajstić information content (AvgIpc) is 2.79. The quantitative estimate of drug-likeness (QED) is 0.775. The van der Waals surface area contributed by atoms with Crippen molar-refractivity contribution in [3.8, 4) is 0 Å². The Kier molecular flexibility index (Phi) is 6.36. The molecule has 30 heavy (non-hydrogen) atoms. The Morgan fingerprint density at radius 2 is 1.77 bits per heavy atom. The highest BCUT2D eigenvalue weighted by molar-refractivity contribution is 5.90. The average molecular weight is 406 g/mol. The summed E-state index contributed by atoms with van der Waals surface area (Å²) in [6, 6.07) is 15.9. The molecule has 3 amide bonds. The zero-order valence-corrected chi connectivity index (χ0v) is 17.7. The van der Waals surface area contributed by atoms with Crippen LogP contribution in [0.25, 0.3) is 0 Å². The van der Waals surface area contributed by atoms with E-state index in [1.54, 1.807) is 4.90 Å². The van der Waals surface area contributed by atoms with Gasteiger partial charge in [0.25, 0.3) is 0 Å². The number of piperidine rings is 1. The largest absolute Gasteiger partial charge is 0.349 e. The van der Waals surface area contributed by atoms with Crippen molar-refractivity contribution < 1.29 is 9.59 Å². The van der Waals surface area contributed by atoms with Crippen molar-refractivity contribution in [2.75, 3.05) is 18.4 Å². The van der Waals surface area contributed by atoms with Gasteiger partial charge in [-0.15, -0.1) is 0 Å². The summed E-state index contributed by atoms with van der Waals surface area (Å²) in [5, 5.41) is 6.11. The van der Waals surface area contributed by atoms with Crippen molar-refractivity contribution in [1.82, 2.24) is 10.2 Å². The zero-order chi connectivity index (χ0) is 20.9. The van der Waals surface area contributed by atoms with Gasteiger partial charge in [-0.3, -0.25) is 4.79 Å². The van der Waals surface area contributed by atoms with Gasteiger partial charge in [0.1, 0.15) is 0 Å². The number of benzene rings is 2. The molecule has 5 heteroatoms. The van der Waals surface area contributed by atoms with Crippen LogP contribution < -0.4 is 10.6 Å². The molecule has 4 rings (SSSR count). The van der Waals surface area contributed by atoms with Crippen molar-refractivity contribution in [3.05, 3.63) is 65.2 Å². The Balaban J connectivity index is 1.34. The molecule has 0 spiro atoms. The van der Waals surface area contributed by atoms with Crippen molar-refractivity contribution in [2.24, 2.45) is 5.92 Å². The smallest absolute Gasteiger partial charge is 0.321 e. The number of amides is 3. The van der Waals surface area contributed by atoms with E-state index in [-0.39, 0.29) is 23.9 Å². The molecular weight excluding hydrogens is 374 g/mol. The van der Waals surface area contributed by atoms with Crippen LogP contribution in [0.3, 0.4) is 0 Å². The lowest BCUT2D eigenvalue weighted by Crippen LogP contribution is -2.47. The van der Waals surface area contributed by atoms with Crippen LogP contribution in [0.5, 0.6) is 0 Å². The first-order valence-corrected chi connectivity index (χ1v) is 11.1. The third-order valence-electron chi connectivity index (χ3n) is 6.34. The number of nitrogens with one attached hydrogen (secondary N) is 2. The first-order valence-electron chi connectivity index (χ1n) is 11.1. The second-order valence-corrected chi connectivity index (χ2v) is 8.55. The number of aryl methyl sites for hydroxylation is 2. The maximum absolute atomic E-state index is 12.9. The maximum Gasteiger partial charge on any atom is 0.321 e. The molecule has 2 aromatic carbocycles. The van der Waals surface area contributed by atoms with Gasteiger partial charge in [-0.2, -0.15) is 0 Å². The number of carbonyl (C=O) groups excluding carboxylic acids is 2. The summed E-state index contributed by atoms with van der Waals surface area (Å²) in [6.07, 6.45) is 6.48. The normalized spacial score (nSPS) is 19.5. The number of fused-ring (bicyclic) bond motifs is 1. The molecule has 2 aliphatic rings. The lowest BCUT2D eigenvalue weighted by atomic mass is 9.89. The summed E-state index contributed by atoms with van der Waals surface area (Å²) in [6.45, 7) is 3.19. The molecule has 0 aromatic heterocycles. The molecule has 1 fully saturated rings. The summed E-state index contributed by atoms with van der Waals surface area (Å²) in [4.78, 5) is 27.3. The van der Waals surface area contributed by atoms with Crippen molar-refractivity contribution in [1.29, 1.82) is 0 Å². The molecule has 0 unspecified atom stereocenters. The first-order chi connectivity index (χ1) is 14.6. The van der Waals surface area contributed by atoms with Gasteiger partial charge < -0.3 is 15.5 Å². The number of hydrogen-bond acceptors (Lipinski definition) is 2. The monoisotopic (exact) mass is 405 g/mol. The van der Waals surface area contributed by atoms with Gasteiger partial charge in [0.15, 0.2) is 0 Å². The van der Waals surface area contributed by atoms with E-state index in [4.69, 9.17) is 0 Å². The topological polar surface area (TPSA) is 61.4 Å². The van der Waals surface area contributed by atoms with E-state index >= 15 is 0 Å². The molecule has 0 saturated carbocycles. The van der Waals surface area contributed by atoms with E-state index in [0.29, 0.717) is 13.1 Å². The van der Waals surface area contributed by atoms with Crippen LogP contribution in [0, 0.1) is 5.92 Å². The van der Waals surface area contributed by atoms with E-state index < -0.39 is 0 Å². The van der Waals surface area contributed by atoms with E-state index in [9.17, 15) is 9.59 Å². The molecule has 0 bridgehead atoms.